The molecular weight excluding hydrogens is 387 g/mol. The zero-order valence-electron chi connectivity index (χ0n) is 18.7. The maximum atomic E-state index is 8.93. The standard InChI is InChI=1S/C21H43BN2O2S2/c1-20(2)24(21(3)4)22(14-13-15-23)26-17-10-6-8-12-19-28-27-18-11-7-5-9-16-25/h20-21,25H,5-14,16-19H2,1-4H3. The Labute approximate surface area is 183 Å². The molecule has 0 amide bonds. The first-order chi connectivity index (χ1) is 13.5. The number of nitriles is 1. The molecule has 0 bridgehead atoms. The number of hydrogen-bond donors (Lipinski definition) is 1. The van der Waals surface area contributed by atoms with Crippen molar-refractivity contribution in [2.45, 2.75) is 104 Å². The van der Waals surface area contributed by atoms with E-state index in [0.29, 0.717) is 25.1 Å². The molecule has 28 heavy (non-hydrogen) atoms. The van der Waals surface area contributed by atoms with Crippen molar-refractivity contribution in [3.63, 3.8) is 0 Å². The van der Waals surface area contributed by atoms with Crippen LogP contribution in [0.3, 0.4) is 0 Å². The van der Waals surface area contributed by atoms with Gasteiger partial charge in [-0.2, -0.15) is 5.26 Å². The zero-order valence-corrected chi connectivity index (χ0v) is 20.3. The van der Waals surface area contributed by atoms with Gasteiger partial charge in [-0.3, -0.25) is 0 Å². The Bertz CT molecular complexity index is 374. The Morgan fingerprint density at radius 3 is 1.93 bits per heavy atom. The van der Waals surface area contributed by atoms with Crippen molar-refractivity contribution in [3.8, 4) is 6.07 Å². The summed E-state index contributed by atoms with van der Waals surface area (Å²) >= 11 is 0. The molecule has 0 heterocycles. The van der Waals surface area contributed by atoms with Gasteiger partial charge in [0, 0.05) is 31.1 Å². The normalized spacial score (nSPS) is 11.5. The molecule has 1 N–H and O–H groups in total. The molecule has 0 spiro atoms. The molecular formula is C21H43BN2O2S2. The smallest absolute Gasteiger partial charge is 0.383 e. The van der Waals surface area contributed by atoms with Crippen LogP contribution in [0.2, 0.25) is 6.32 Å². The van der Waals surface area contributed by atoms with Crippen LogP contribution >= 0.6 is 21.6 Å². The second-order valence-electron chi connectivity index (χ2n) is 7.85. The summed E-state index contributed by atoms with van der Waals surface area (Å²) in [5, 5.41) is 17.7. The molecule has 0 atom stereocenters. The average molecular weight is 431 g/mol. The highest BCUT2D eigenvalue weighted by Crippen LogP contribution is 2.24. The summed E-state index contributed by atoms with van der Waals surface area (Å²) in [6.07, 6.45) is 10.9. The first kappa shape index (κ1) is 28.1. The minimum Gasteiger partial charge on any atom is -0.421 e. The lowest BCUT2D eigenvalue weighted by Gasteiger charge is -2.35. The average Bonchev–Trinajstić information content (AvgIpc) is 2.65. The quantitative estimate of drug-likeness (QED) is 0.145. The van der Waals surface area contributed by atoms with E-state index in [1.165, 1.54) is 43.6 Å². The fourth-order valence-electron chi connectivity index (χ4n) is 3.35. The summed E-state index contributed by atoms with van der Waals surface area (Å²) in [6, 6.07) is 3.11. The topological polar surface area (TPSA) is 56.5 Å². The first-order valence-electron chi connectivity index (χ1n) is 11.2. The lowest BCUT2D eigenvalue weighted by molar-refractivity contribution is 0.207. The van der Waals surface area contributed by atoms with Gasteiger partial charge in [-0.15, -0.1) is 0 Å². The van der Waals surface area contributed by atoms with Gasteiger partial charge in [0.15, 0.2) is 0 Å². The Kier molecular flexibility index (Phi) is 20.5. The van der Waals surface area contributed by atoms with Crippen LogP contribution in [0, 0.1) is 11.3 Å². The van der Waals surface area contributed by atoms with E-state index in [9.17, 15) is 0 Å². The monoisotopic (exact) mass is 430 g/mol. The molecule has 7 heteroatoms. The van der Waals surface area contributed by atoms with Crippen molar-refractivity contribution in [3.05, 3.63) is 0 Å². The van der Waals surface area contributed by atoms with Crippen LogP contribution in [-0.4, -0.2) is 53.8 Å². The summed E-state index contributed by atoms with van der Waals surface area (Å²) in [5.41, 5.74) is 0. The van der Waals surface area contributed by atoms with Gasteiger partial charge in [-0.1, -0.05) is 75.0 Å². The molecule has 0 rings (SSSR count). The molecule has 4 nitrogen and oxygen atoms in total. The van der Waals surface area contributed by atoms with Crippen LogP contribution in [0.1, 0.15) is 85.5 Å². The molecule has 0 fully saturated rings. The van der Waals surface area contributed by atoms with Crippen molar-refractivity contribution in [2.75, 3.05) is 24.7 Å². The highest BCUT2D eigenvalue weighted by molar-refractivity contribution is 8.76. The number of unbranched alkanes of at least 4 members (excludes halogenated alkanes) is 6. The molecule has 0 saturated heterocycles. The Morgan fingerprint density at radius 2 is 1.43 bits per heavy atom. The fourth-order valence-corrected chi connectivity index (χ4v) is 5.64. The molecule has 0 aromatic carbocycles. The molecule has 0 aliphatic heterocycles. The van der Waals surface area contributed by atoms with E-state index in [1.54, 1.807) is 0 Å². The molecule has 164 valence electrons. The van der Waals surface area contributed by atoms with Gasteiger partial charge in [-0.05, 0) is 44.1 Å². The number of aliphatic hydroxyl groups excluding tert-OH is 1. The molecule has 0 radical (unpaired) electrons. The number of aliphatic hydroxyl groups is 1. The van der Waals surface area contributed by atoms with Gasteiger partial charge in [0.05, 0.1) is 6.07 Å². The van der Waals surface area contributed by atoms with E-state index in [0.717, 1.165) is 32.2 Å². The molecule has 0 unspecified atom stereocenters. The summed E-state index contributed by atoms with van der Waals surface area (Å²) in [6.45, 7) is 9.94. The van der Waals surface area contributed by atoms with Crippen LogP contribution in [-0.2, 0) is 4.65 Å². The fraction of sp³-hybridized carbons (Fsp3) is 0.952. The third-order valence-electron chi connectivity index (χ3n) is 4.68. The van der Waals surface area contributed by atoms with Gasteiger partial charge in [0.2, 0.25) is 0 Å². The van der Waals surface area contributed by atoms with Gasteiger partial charge >= 0.3 is 7.05 Å². The summed E-state index contributed by atoms with van der Waals surface area (Å²) in [4.78, 5) is 2.38. The van der Waals surface area contributed by atoms with E-state index in [-0.39, 0.29) is 7.05 Å². The number of rotatable bonds is 20. The summed E-state index contributed by atoms with van der Waals surface area (Å²) in [7, 11) is 4.06. The third-order valence-corrected chi connectivity index (χ3v) is 7.26. The number of nitrogens with zero attached hydrogens (tertiary/aromatic N) is 2. The lowest BCUT2D eigenvalue weighted by Crippen LogP contribution is -2.50. The second-order valence-corrected chi connectivity index (χ2v) is 10.6. The van der Waals surface area contributed by atoms with E-state index in [1.807, 2.05) is 21.6 Å². The SMILES string of the molecule is CC(C)N(B(CCC#N)OCCCCCCSSCCCCCCO)C(C)C. The zero-order chi connectivity index (χ0) is 21.0. The largest absolute Gasteiger partial charge is 0.421 e. The van der Waals surface area contributed by atoms with Gasteiger partial charge in [-0.25, -0.2) is 0 Å². The van der Waals surface area contributed by atoms with Gasteiger partial charge < -0.3 is 14.6 Å². The molecule has 0 aromatic heterocycles. The van der Waals surface area contributed by atoms with Crippen LogP contribution in [0.4, 0.5) is 0 Å². The van der Waals surface area contributed by atoms with Gasteiger partial charge in [0.25, 0.3) is 0 Å². The van der Waals surface area contributed by atoms with Crippen LogP contribution in [0.15, 0.2) is 0 Å². The third kappa shape index (κ3) is 16.0. The minimum absolute atomic E-state index is 0.0592. The highest BCUT2D eigenvalue weighted by atomic mass is 33.1. The van der Waals surface area contributed by atoms with E-state index < -0.39 is 0 Å². The van der Waals surface area contributed by atoms with Crippen molar-refractivity contribution in [1.82, 2.24) is 4.81 Å². The first-order valence-corrected chi connectivity index (χ1v) is 13.6. The van der Waals surface area contributed by atoms with Gasteiger partial charge in [0.1, 0.15) is 0 Å². The van der Waals surface area contributed by atoms with E-state index in [4.69, 9.17) is 15.0 Å². The minimum atomic E-state index is 0.0592. The highest BCUT2D eigenvalue weighted by Gasteiger charge is 2.29. The lowest BCUT2D eigenvalue weighted by atomic mass is 9.72. The Balaban J connectivity index is 3.70. The Hall–Kier alpha value is 0.135. The van der Waals surface area contributed by atoms with Crippen molar-refractivity contribution in [1.29, 1.82) is 5.26 Å². The molecule has 0 aliphatic carbocycles. The predicted octanol–water partition coefficient (Wildman–Crippen LogP) is 6.02. The summed E-state index contributed by atoms with van der Waals surface area (Å²) in [5.74, 6) is 2.47. The van der Waals surface area contributed by atoms with Crippen LogP contribution < -0.4 is 0 Å². The van der Waals surface area contributed by atoms with E-state index in [2.05, 4.69) is 38.6 Å². The predicted molar refractivity (Wildman–Crippen MR) is 128 cm³/mol. The Morgan fingerprint density at radius 1 is 0.893 bits per heavy atom. The van der Waals surface area contributed by atoms with Crippen molar-refractivity contribution >= 4 is 28.6 Å². The molecule has 0 saturated carbocycles. The van der Waals surface area contributed by atoms with Crippen molar-refractivity contribution < 1.29 is 9.76 Å². The molecule has 0 aliphatic rings. The maximum absolute atomic E-state index is 8.93. The number of hydrogen-bond acceptors (Lipinski definition) is 6. The molecule has 0 aromatic rings. The van der Waals surface area contributed by atoms with Crippen molar-refractivity contribution in [2.24, 2.45) is 0 Å². The van der Waals surface area contributed by atoms with E-state index >= 15 is 0 Å². The second kappa shape index (κ2) is 20.4. The maximum Gasteiger partial charge on any atom is 0.383 e. The van der Waals surface area contributed by atoms with Crippen LogP contribution in [0.5, 0.6) is 0 Å². The van der Waals surface area contributed by atoms with Crippen LogP contribution in [0.25, 0.3) is 0 Å². The summed E-state index contributed by atoms with van der Waals surface area (Å²) < 4.78 is 6.18.